The molecule has 0 N–H and O–H groups in total. The highest BCUT2D eigenvalue weighted by molar-refractivity contribution is 5.77. The average Bonchev–Trinajstić information content (AvgIpc) is 3.43. The first-order valence-corrected chi connectivity index (χ1v) is 9.25. The Labute approximate surface area is 166 Å². The number of rotatable bonds is 4. The minimum absolute atomic E-state index is 0.0388. The summed E-state index contributed by atoms with van der Waals surface area (Å²) in [6.45, 7) is 7.24. The normalized spacial score (nSPS) is 20.9. The molecule has 9 nitrogen and oxygen atoms in total. The molecule has 0 aliphatic heterocycles. The van der Waals surface area contributed by atoms with Crippen molar-refractivity contribution in [2.45, 2.75) is 30.8 Å². The molecular weight excluding hydrogens is 366 g/mol. The van der Waals surface area contributed by atoms with Crippen molar-refractivity contribution in [3.05, 3.63) is 54.5 Å². The molecule has 0 bridgehead atoms. The second-order valence-electron chi connectivity index (χ2n) is 7.43. The predicted molar refractivity (Wildman–Crippen MR) is 104 cm³/mol. The van der Waals surface area contributed by atoms with Gasteiger partial charge in [-0.3, -0.25) is 9.36 Å². The predicted octanol–water partition coefficient (Wildman–Crippen LogP) is 2.68. The maximum Gasteiger partial charge on any atom is 0.228 e. The van der Waals surface area contributed by atoms with Gasteiger partial charge in [0.2, 0.25) is 6.04 Å². The van der Waals surface area contributed by atoms with Crippen molar-refractivity contribution in [1.29, 1.82) is 5.26 Å². The van der Waals surface area contributed by atoms with Crippen LogP contribution in [-0.2, 0) is 12.6 Å². The minimum atomic E-state index is -0.405. The van der Waals surface area contributed by atoms with E-state index >= 15 is 0 Å². The molecule has 0 amide bonds. The van der Waals surface area contributed by atoms with Crippen molar-refractivity contribution < 1.29 is 0 Å². The van der Waals surface area contributed by atoms with Crippen LogP contribution in [0.1, 0.15) is 19.3 Å². The molecule has 1 saturated carbocycles. The van der Waals surface area contributed by atoms with Gasteiger partial charge in [-0.05, 0) is 12.1 Å². The number of hydrogen-bond acceptors (Lipinski definition) is 5. The van der Waals surface area contributed by atoms with Crippen LogP contribution in [0.2, 0.25) is 0 Å². The second kappa shape index (κ2) is 6.28. The summed E-state index contributed by atoms with van der Waals surface area (Å²) in [5.74, 6) is 0. The Balaban J connectivity index is 1.59. The zero-order valence-electron chi connectivity index (χ0n) is 15.8. The molecule has 4 heterocycles. The van der Waals surface area contributed by atoms with Crippen LogP contribution in [0.15, 0.2) is 43.1 Å². The molecule has 1 fully saturated rings. The minimum Gasteiger partial charge on any atom is -0.313 e. The summed E-state index contributed by atoms with van der Waals surface area (Å²) in [5.41, 5.74) is 3.54. The van der Waals surface area contributed by atoms with Gasteiger partial charge >= 0.3 is 0 Å². The molecular formula is C20H17N9. The first-order chi connectivity index (χ1) is 14.1. The lowest BCUT2D eigenvalue weighted by atomic mass is 9.71. The molecule has 1 aliphatic rings. The molecule has 0 spiro atoms. The molecule has 4 aromatic heterocycles. The van der Waals surface area contributed by atoms with Crippen molar-refractivity contribution >= 4 is 5.52 Å². The van der Waals surface area contributed by atoms with Crippen molar-refractivity contribution in [2.75, 3.05) is 0 Å². The first-order valence-electron chi connectivity index (χ1n) is 9.25. The Morgan fingerprint density at radius 1 is 1.28 bits per heavy atom. The van der Waals surface area contributed by atoms with Crippen LogP contribution in [0.3, 0.4) is 0 Å². The Hall–Kier alpha value is -3.98. The molecule has 0 saturated heterocycles. The van der Waals surface area contributed by atoms with Gasteiger partial charge in [0, 0.05) is 37.8 Å². The summed E-state index contributed by atoms with van der Waals surface area (Å²) in [5, 5.41) is 22.6. The van der Waals surface area contributed by atoms with E-state index in [2.05, 4.69) is 26.2 Å². The van der Waals surface area contributed by atoms with Crippen molar-refractivity contribution in [3.63, 3.8) is 0 Å². The molecule has 0 aromatic carbocycles. The molecule has 29 heavy (non-hydrogen) atoms. The SMILES string of the molecule is [C-]#[N+]C1CC(CC#N)(n2cc(-c3nc(-c4ccn(C)n4)cn4nccc34)cn2)C1. The van der Waals surface area contributed by atoms with Gasteiger partial charge in [0.1, 0.15) is 11.4 Å². The molecule has 0 radical (unpaired) electrons. The Morgan fingerprint density at radius 3 is 2.86 bits per heavy atom. The van der Waals surface area contributed by atoms with E-state index in [9.17, 15) is 5.26 Å². The monoisotopic (exact) mass is 383 g/mol. The van der Waals surface area contributed by atoms with Crippen LogP contribution in [0.25, 0.3) is 33.0 Å². The maximum absolute atomic E-state index is 9.29. The lowest BCUT2D eigenvalue weighted by molar-refractivity contribution is 0.120. The van der Waals surface area contributed by atoms with Crippen molar-refractivity contribution in [3.8, 4) is 28.7 Å². The topological polar surface area (TPSA) is 94.0 Å². The van der Waals surface area contributed by atoms with Gasteiger partial charge in [-0.25, -0.2) is 16.1 Å². The van der Waals surface area contributed by atoms with Crippen molar-refractivity contribution in [2.24, 2.45) is 7.05 Å². The molecule has 0 unspecified atom stereocenters. The fourth-order valence-corrected chi connectivity index (χ4v) is 3.99. The highest BCUT2D eigenvalue weighted by Gasteiger charge is 2.50. The quantitative estimate of drug-likeness (QED) is 0.505. The summed E-state index contributed by atoms with van der Waals surface area (Å²) in [4.78, 5) is 8.45. The van der Waals surface area contributed by atoms with Gasteiger partial charge in [0.25, 0.3) is 0 Å². The standard InChI is InChI=1S/C20H17N9/c1-22-15-9-20(10-15,5-6-21)29-12-14(11-24-29)19-18-3-7-23-28(18)13-17(25-19)16-4-8-27(2)26-16/h3-4,7-8,11-13,15H,5,9-10H2,2H3. The third kappa shape index (κ3) is 2.67. The summed E-state index contributed by atoms with van der Waals surface area (Å²) >= 11 is 0. The van der Waals surface area contributed by atoms with Crippen molar-refractivity contribution in [1.82, 2.24) is 34.2 Å². The van der Waals surface area contributed by atoms with E-state index in [-0.39, 0.29) is 6.04 Å². The maximum atomic E-state index is 9.29. The second-order valence-corrected chi connectivity index (χ2v) is 7.43. The Kier molecular flexibility index (Phi) is 3.71. The van der Waals surface area contributed by atoms with Crippen LogP contribution < -0.4 is 0 Å². The first kappa shape index (κ1) is 17.1. The number of fused-ring (bicyclic) bond motifs is 1. The molecule has 1 aliphatic carbocycles. The number of nitriles is 1. The van der Waals surface area contributed by atoms with Gasteiger partial charge < -0.3 is 4.85 Å². The summed E-state index contributed by atoms with van der Waals surface area (Å²) < 4.78 is 5.36. The van der Waals surface area contributed by atoms with Crippen LogP contribution in [0, 0.1) is 17.9 Å². The van der Waals surface area contributed by atoms with Crippen LogP contribution >= 0.6 is 0 Å². The highest BCUT2D eigenvalue weighted by atomic mass is 15.3. The number of hydrogen-bond donors (Lipinski definition) is 0. The fourth-order valence-electron chi connectivity index (χ4n) is 3.99. The van der Waals surface area contributed by atoms with E-state index in [0.29, 0.717) is 25.0 Å². The van der Waals surface area contributed by atoms with E-state index in [0.717, 1.165) is 22.5 Å². The largest absolute Gasteiger partial charge is 0.313 e. The average molecular weight is 383 g/mol. The lowest BCUT2D eigenvalue weighted by Gasteiger charge is -2.40. The lowest BCUT2D eigenvalue weighted by Crippen LogP contribution is -2.48. The van der Waals surface area contributed by atoms with Gasteiger partial charge in [-0.15, -0.1) is 0 Å². The number of aromatic nitrogens is 7. The number of aryl methyl sites for hydroxylation is 1. The van der Waals surface area contributed by atoms with Gasteiger partial charge in [-0.1, -0.05) is 0 Å². The van der Waals surface area contributed by atoms with E-state index in [1.165, 1.54) is 0 Å². The van der Waals surface area contributed by atoms with Crippen LogP contribution in [0.5, 0.6) is 0 Å². The van der Waals surface area contributed by atoms with E-state index < -0.39 is 5.54 Å². The smallest absolute Gasteiger partial charge is 0.228 e. The molecule has 5 rings (SSSR count). The fraction of sp³-hybridized carbons (Fsp3) is 0.300. The molecule has 142 valence electrons. The highest BCUT2D eigenvalue weighted by Crippen LogP contribution is 2.44. The van der Waals surface area contributed by atoms with E-state index in [1.807, 2.05) is 42.5 Å². The van der Waals surface area contributed by atoms with E-state index in [4.69, 9.17) is 11.6 Å². The van der Waals surface area contributed by atoms with Crippen LogP contribution in [0.4, 0.5) is 0 Å². The summed E-state index contributed by atoms with van der Waals surface area (Å²) in [6.07, 6.45) is 10.8. The number of nitrogens with zero attached hydrogens (tertiary/aromatic N) is 9. The zero-order chi connectivity index (χ0) is 20.0. The summed E-state index contributed by atoms with van der Waals surface area (Å²) in [6, 6.07) is 6.03. The third-order valence-corrected chi connectivity index (χ3v) is 5.53. The third-order valence-electron chi connectivity index (χ3n) is 5.53. The van der Waals surface area contributed by atoms with Crippen LogP contribution in [-0.4, -0.2) is 40.2 Å². The van der Waals surface area contributed by atoms with Gasteiger partial charge in [0.05, 0.1) is 47.8 Å². The molecule has 0 atom stereocenters. The van der Waals surface area contributed by atoms with E-state index in [1.54, 1.807) is 21.6 Å². The summed E-state index contributed by atoms with van der Waals surface area (Å²) in [7, 11) is 1.87. The Morgan fingerprint density at radius 2 is 2.14 bits per heavy atom. The van der Waals surface area contributed by atoms with Gasteiger partial charge in [-0.2, -0.15) is 20.6 Å². The van der Waals surface area contributed by atoms with Gasteiger partial charge in [0.15, 0.2) is 0 Å². The molecule has 9 heteroatoms. The zero-order valence-corrected chi connectivity index (χ0v) is 15.8. The Bertz CT molecular complexity index is 1290. The molecule has 4 aromatic rings.